The van der Waals surface area contributed by atoms with E-state index in [4.69, 9.17) is 0 Å². The van der Waals surface area contributed by atoms with Gasteiger partial charge in [-0.1, -0.05) is 84.9 Å². The Balaban J connectivity index is 1.67. The molecule has 224 valence electrons. The van der Waals surface area contributed by atoms with E-state index in [9.17, 15) is 40.9 Å². The Kier molecular flexibility index (Phi) is 5.57. The molecule has 0 aliphatic carbocycles. The summed E-state index contributed by atoms with van der Waals surface area (Å²) in [6, 6.07) is 29.6. The summed E-state index contributed by atoms with van der Waals surface area (Å²) < 4.78 is 0. The van der Waals surface area contributed by atoms with Gasteiger partial charge in [0.25, 0.3) is 0 Å². The van der Waals surface area contributed by atoms with Gasteiger partial charge in [0.1, 0.15) is 0 Å². The first-order chi connectivity index (χ1) is 22.2. The van der Waals surface area contributed by atoms with Gasteiger partial charge in [-0.05, 0) is 55.6 Å². The highest BCUT2D eigenvalue weighted by Crippen LogP contribution is 2.62. The van der Waals surface area contributed by atoms with E-state index in [0.717, 1.165) is 26.9 Å². The third-order valence-electron chi connectivity index (χ3n) is 8.87. The van der Waals surface area contributed by atoms with Crippen molar-refractivity contribution in [3.63, 3.8) is 0 Å². The molecule has 0 amide bonds. The highest BCUT2D eigenvalue weighted by atomic mass is 16.4. The topological polar surface area (TPSA) is 162 Å². The van der Waals surface area contributed by atoms with E-state index >= 15 is 0 Å². The molecule has 8 aromatic carbocycles. The molecule has 0 aliphatic rings. The number of aromatic hydroxyl groups is 8. The van der Waals surface area contributed by atoms with Gasteiger partial charge in [0.05, 0.1) is 0 Å². The maximum absolute atomic E-state index is 11.5. The Bertz CT molecular complexity index is 2530. The molecule has 0 unspecified atom stereocenters. The molecule has 0 bridgehead atoms. The van der Waals surface area contributed by atoms with Crippen molar-refractivity contribution >= 4 is 53.9 Å². The number of phenols is 8. The summed E-state index contributed by atoms with van der Waals surface area (Å²) in [7, 11) is 0. The number of phenolic OH excluding ortho intramolecular Hbond substituents is 8. The summed E-state index contributed by atoms with van der Waals surface area (Å²) in [5.41, 5.74) is 0.778. The summed E-state index contributed by atoms with van der Waals surface area (Å²) in [5.74, 6) is -7.26. The zero-order chi connectivity index (χ0) is 32.0. The van der Waals surface area contributed by atoms with E-state index in [2.05, 4.69) is 12.1 Å². The van der Waals surface area contributed by atoms with Crippen molar-refractivity contribution in [2.75, 3.05) is 0 Å². The maximum Gasteiger partial charge on any atom is 0.204 e. The van der Waals surface area contributed by atoms with E-state index in [1.54, 1.807) is 42.5 Å². The second-order valence-corrected chi connectivity index (χ2v) is 11.3. The summed E-state index contributed by atoms with van der Waals surface area (Å²) >= 11 is 0. The van der Waals surface area contributed by atoms with Crippen LogP contribution in [-0.4, -0.2) is 40.9 Å². The van der Waals surface area contributed by atoms with Crippen molar-refractivity contribution in [1.29, 1.82) is 0 Å². The molecular formula is C38H24O8. The van der Waals surface area contributed by atoms with Crippen molar-refractivity contribution < 1.29 is 40.9 Å². The largest absolute Gasteiger partial charge is 0.504 e. The highest BCUT2D eigenvalue weighted by Gasteiger charge is 2.32. The van der Waals surface area contributed by atoms with Gasteiger partial charge in [-0.2, -0.15) is 0 Å². The van der Waals surface area contributed by atoms with Crippen molar-refractivity contribution in [2.24, 2.45) is 0 Å². The summed E-state index contributed by atoms with van der Waals surface area (Å²) in [6.45, 7) is 0. The molecule has 0 aliphatic heterocycles. The summed E-state index contributed by atoms with van der Waals surface area (Å²) in [5, 5.41) is 93.6. The maximum atomic E-state index is 11.5. The Morgan fingerprint density at radius 2 is 0.804 bits per heavy atom. The van der Waals surface area contributed by atoms with Gasteiger partial charge in [0, 0.05) is 32.7 Å². The monoisotopic (exact) mass is 608 g/mol. The molecule has 0 saturated heterocycles. The van der Waals surface area contributed by atoms with E-state index in [0.29, 0.717) is 16.5 Å². The average molecular weight is 609 g/mol. The smallest absolute Gasteiger partial charge is 0.204 e. The van der Waals surface area contributed by atoms with Crippen LogP contribution in [0.2, 0.25) is 0 Å². The normalized spacial score (nSPS) is 11.7. The van der Waals surface area contributed by atoms with Crippen LogP contribution in [0.5, 0.6) is 46.0 Å². The van der Waals surface area contributed by atoms with Crippen LogP contribution in [0.1, 0.15) is 0 Å². The van der Waals surface area contributed by atoms with Gasteiger partial charge in [-0.15, -0.1) is 0 Å². The Labute approximate surface area is 259 Å². The molecule has 0 radical (unpaired) electrons. The Morgan fingerprint density at radius 1 is 0.304 bits per heavy atom. The lowest BCUT2D eigenvalue weighted by molar-refractivity contribution is 0.350. The molecule has 46 heavy (non-hydrogen) atoms. The van der Waals surface area contributed by atoms with Crippen LogP contribution in [0, 0.1) is 0 Å². The summed E-state index contributed by atoms with van der Waals surface area (Å²) in [4.78, 5) is 0. The Morgan fingerprint density at radius 3 is 1.37 bits per heavy atom. The van der Waals surface area contributed by atoms with Crippen molar-refractivity contribution in [3.8, 4) is 68.2 Å². The van der Waals surface area contributed by atoms with Crippen LogP contribution in [0.25, 0.3) is 76.1 Å². The molecule has 8 heteroatoms. The number of rotatable bonds is 2. The predicted molar refractivity (Wildman–Crippen MR) is 178 cm³/mol. The zero-order valence-electron chi connectivity index (χ0n) is 23.8. The predicted octanol–water partition coefficient (Wildman–Crippen LogP) is 8.43. The number of hydrogen-bond donors (Lipinski definition) is 8. The lowest BCUT2D eigenvalue weighted by Gasteiger charge is -2.23. The minimum atomic E-state index is -1.01. The first-order valence-corrected chi connectivity index (χ1v) is 14.3. The third kappa shape index (κ3) is 3.49. The van der Waals surface area contributed by atoms with Crippen molar-refractivity contribution in [2.45, 2.75) is 0 Å². The van der Waals surface area contributed by atoms with Crippen LogP contribution in [0.4, 0.5) is 0 Å². The first kappa shape index (κ1) is 27.0. The summed E-state index contributed by atoms with van der Waals surface area (Å²) in [6.07, 6.45) is 0. The van der Waals surface area contributed by atoms with Gasteiger partial charge < -0.3 is 40.9 Å². The SMILES string of the molecule is Oc1c(O)c(O)c2c(-c3cccc4c3ccc3cc5ccccc5cc34)c3c(O)c(O)c(O)c(O)c3c(-c3ccccc3)c2c1O. The van der Waals surface area contributed by atoms with E-state index in [1.807, 2.05) is 42.5 Å². The fourth-order valence-electron chi connectivity index (χ4n) is 6.78. The zero-order valence-corrected chi connectivity index (χ0v) is 23.8. The van der Waals surface area contributed by atoms with Crippen LogP contribution in [0.15, 0.2) is 97.1 Å². The molecule has 0 fully saturated rings. The van der Waals surface area contributed by atoms with Gasteiger partial charge >= 0.3 is 0 Å². The lowest BCUT2D eigenvalue weighted by atomic mass is 9.82. The van der Waals surface area contributed by atoms with E-state index in [1.165, 1.54) is 0 Å². The van der Waals surface area contributed by atoms with Crippen LogP contribution in [0.3, 0.4) is 0 Å². The average Bonchev–Trinajstić information content (AvgIpc) is 3.09. The molecule has 8 N–H and O–H groups in total. The molecule has 0 aromatic heterocycles. The second kappa shape index (κ2) is 9.48. The van der Waals surface area contributed by atoms with E-state index in [-0.39, 0.29) is 32.7 Å². The van der Waals surface area contributed by atoms with Gasteiger partial charge in [-0.3, -0.25) is 0 Å². The Hall–Kier alpha value is -6.54. The van der Waals surface area contributed by atoms with E-state index < -0.39 is 46.0 Å². The number of fused-ring (bicyclic) bond motifs is 6. The quantitative estimate of drug-likeness (QED) is 0.0420. The van der Waals surface area contributed by atoms with Crippen LogP contribution in [-0.2, 0) is 0 Å². The van der Waals surface area contributed by atoms with Gasteiger partial charge in [0.15, 0.2) is 23.0 Å². The van der Waals surface area contributed by atoms with Gasteiger partial charge in [0.2, 0.25) is 23.0 Å². The molecule has 8 aromatic rings. The highest BCUT2D eigenvalue weighted by molar-refractivity contribution is 6.31. The third-order valence-corrected chi connectivity index (χ3v) is 8.87. The molecule has 0 heterocycles. The number of hydrogen-bond acceptors (Lipinski definition) is 8. The van der Waals surface area contributed by atoms with Crippen molar-refractivity contribution in [1.82, 2.24) is 0 Å². The standard InChI is InChI=1S/C38H24O8/c39-31-27-25(17-7-2-1-3-8-17)28-30(34(42)38(46)36(44)32(28)40)26(29(27)33(41)37(45)35(31)43)23-12-6-11-21-22(23)14-13-20-15-18-9-4-5-10-19(18)16-24(20)21/h1-16,39-46H. The van der Waals surface area contributed by atoms with Crippen molar-refractivity contribution in [3.05, 3.63) is 97.1 Å². The molecule has 8 rings (SSSR count). The van der Waals surface area contributed by atoms with Gasteiger partial charge in [-0.25, -0.2) is 0 Å². The minimum absolute atomic E-state index is 0.0118. The number of benzene rings is 8. The second-order valence-electron chi connectivity index (χ2n) is 11.3. The molecule has 0 atom stereocenters. The lowest BCUT2D eigenvalue weighted by Crippen LogP contribution is -1.95. The molecule has 0 saturated carbocycles. The van der Waals surface area contributed by atoms with Crippen LogP contribution >= 0.6 is 0 Å². The fraction of sp³-hybridized carbons (Fsp3) is 0. The minimum Gasteiger partial charge on any atom is -0.504 e. The first-order valence-electron chi connectivity index (χ1n) is 14.3. The molecule has 8 nitrogen and oxygen atoms in total. The van der Waals surface area contributed by atoms with Crippen LogP contribution < -0.4 is 0 Å². The fourth-order valence-corrected chi connectivity index (χ4v) is 6.78. The molecule has 0 spiro atoms. The molecular weight excluding hydrogens is 584 g/mol.